The number of aliphatic carboxylic acids is 1. The molecule has 0 radical (unpaired) electrons. The lowest BCUT2D eigenvalue weighted by Gasteiger charge is -2.07. The van der Waals surface area contributed by atoms with Gasteiger partial charge in [0.15, 0.2) is 0 Å². The highest BCUT2D eigenvalue weighted by Crippen LogP contribution is 2.10. The molecule has 30 heavy (non-hydrogen) atoms. The monoisotopic (exact) mass is 432 g/mol. The molecule has 0 aliphatic rings. The highest BCUT2D eigenvalue weighted by atomic mass is 16.4. The van der Waals surface area contributed by atoms with Crippen LogP contribution in [0, 0.1) is 0 Å². The second-order valence-electron chi connectivity index (χ2n) is 7.50. The predicted molar refractivity (Wildman–Crippen MR) is 124 cm³/mol. The van der Waals surface area contributed by atoms with Gasteiger partial charge in [-0.25, -0.2) is 4.79 Å². The van der Waals surface area contributed by atoms with Crippen molar-refractivity contribution in [3.63, 3.8) is 0 Å². The van der Waals surface area contributed by atoms with Crippen LogP contribution >= 0.6 is 0 Å². The van der Waals surface area contributed by atoms with E-state index in [0.29, 0.717) is 6.42 Å². The quantitative estimate of drug-likeness (QED) is 0.186. The summed E-state index contributed by atoms with van der Waals surface area (Å²) >= 11 is 0. The van der Waals surface area contributed by atoms with Crippen molar-refractivity contribution in [1.82, 2.24) is 5.32 Å². The molecule has 0 aromatic carbocycles. The number of nitrogens with one attached hydrogen (secondary N) is 1. The van der Waals surface area contributed by atoms with E-state index in [-0.39, 0.29) is 12.0 Å². The lowest BCUT2D eigenvalue weighted by molar-refractivity contribution is -0.145. The predicted octanol–water partition coefficient (Wildman–Crippen LogP) is 3.77. The number of carbonyl (C=O) groups excluding carboxylic acids is 1. The van der Waals surface area contributed by atoms with Gasteiger partial charge in [-0.05, 0) is 53.1 Å². The topological polar surface area (TPSA) is 133 Å². The summed E-state index contributed by atoms with van der Waals surface area (Å²) in [6.07, 6.45) is 16.8. The second kappa shape index (κ2) is 27.6. The molecule has 2 atom stereocenters. The van der Waals surface area contributed by atoms with E-state index in [2.05, 4.69) is 24.4 Å². The van der Waals surface area contributed by atoms with Crippen molar-refractivity contribution in [3.05, 3.63) is 12.2 Å². The van der Waals surface area contributed by atoms with E-state index in [9.17, 15) is 14.7 Å². The van der Waals surface area contributed by atoms with Gasteiger partial charge in [-0.3, -0.25) is 4.79 Å². The van der Waals surface area contributed by atoms with Crippen LogP contribution in [0.5, 0.6) is 0 Å². The number of carboxylic acid groups (broad SMARTS) is 1. The van der Waals surface area contributed by atoms with Gasteiger partial charge in [0, 0.05) is 6.42 Å². The Morgan fingerprint density at radius 2 is 1.43 bits per heavy atom. The molecular formula is C23H48N2O5. The largest absolute Gasteiger partial charge is 0.479 e. The van der Waals surface area contributed by atoms with Crippen LogP contribution < -0.4 is 11.1 Å². The maximum absolute atomic E-state index is 10.6. The third-order valence-corrected chi connectivity index (χ3v) is 4.12. The normalized spacial score (nSPS) is 12.3. The highest BCUT2D eigenvalue weighted by molar-refractivity contribution is 5.73. The lowest BCUT2D eigenvalue weighted by Crippen LogP contribution is -2.13. The van der Waals surface area contributed by atoms with Crippen molar-refractivity contribution in [2.75, 3.05) is 14.1 Å². The Kier molecular flexibility index (Phi) is 30.5. The van der Waals surface area contributed by atoms with Crippen LogP contribution in [0.1, 0.15) is 97.3 Å². The van der Waals surface area contributed by atoms with Gasteiger partial charge in [-0.15, -0.1) is 0 Å². The summed E-state index contributed by atoms with van der Waals surface area (Å²) in [5.74, 6) is -1.37. The zero-order valence-corrected chi connectivity index (χ0v) is 19.7. The summed E-state index contributed by atoms with van der Waals surface area (Å²) in [7, 11) is 3.75. The van der Waals surface area contributed by atoms with Crippen molar-refractivity contribution in [3.8, 4) is 0 Å². The van der Waals surface area contributed by atoms with E-state index in [4.69, 9.17) is 15.9 Å². The lowest BCUT2D eigenvalue weighted by atomic mass is 10.1. The molecule has 180 valence electrons. The molecule has 0 bridgehead atoms. The van der Waals surface area contributed by atoms with Gasteiger partial charge in [0.05, 0.1) is 6.10 Å². The molecule has 0 fully saturated rings. The number of hydrogen-bond acceptors (Lipinski definition) is 5. The number of unbranched alkanes of at least 4 members (excludes halogenated alkanes) is 8. The Hall–Kier alpha value is -1.44. The van der Waals surface area contributed by atoms with Gasteiger partial charge in [0.2, 0.25) is 5.91 Å². The average Bonchev–Trinajstić information content (AvgIpc) is 2.67. The molecule has 0 aliphatic heterocycles. The summed E-state index contributed by atoms with van der Waals surface area (Å²) in [5.41, 5.74) is 5.09. The summed E-state index contributed by atoms with van der Waals surface area (Å²) in [4.78, 5) is 20.0. The molecule has 0 saturated heterocycles. The molecule has 7 nitrogen and oxygen atoms in total. The van der Waals surface area contributed by atoms with Crippen molar-refractivity contribution >= 4 is 11.9 Å². The third-order valence-electron chi connectivity index (χ3n) is 4.12. The van der Waals surface area contributed by atoms with Gasteiger partial charge < -0.3 is 26.4 Å². The Labute approximate surface area is 184 Å². The Bertz CT molecular complexity index is 401. The number of aliphatic hydroxyl groups is 2. The molecule has 6 N–H and O–H groups in total. The van der Waals surface area contributed by atoms with Gasteiger partial charge in [0.1, 0.15) is 6.10 Å². The van der Waals surface area contributed by atoms with Crippen LogP contribution in [0.15, 0.2) is 12.2 Å². The summed E-state index contributed by atoms with van der Waals surface area (Å²) in [6, 6.07) is 0. The number of amides is 1. The molecule has 0 aromatic heterocycles. The Morgan fingerprint density at radius 3 is 1.93 bits per heavy atom. The number of carboxylic acids is 1. The summed E-state index contributed by atoms with van der Waals surface area (Å²) in [6.45, 7) is 3.40. The number of nitrogens with two attached hydrogens (primary N) is 1. The van der Waals surface area contributed by atoms with E-state index in [1.165, 1.54) is 45.4 Å². The number of rotatable bonds is 16. The maximum Gasteiger partial charge on any atom is 0.332 e. The molecule has 0 aliphatic carbocycles. The molecule has 1 amide bonds. The zero-order valence-electron chi connectivity index (χ0n) is 19.7. The van der Waals surface area contributed by atoms with Gasteiger partial charge >= 0.3 is 5.97 Å². The fraction of sp³-hybridized carbons (Fsp3) is 0.826. The summed E-state index contributed by atoms with van der Waals surface area (Å²) in [5, 5.41) is 28.3. The van der Waals surface area contributed by atoms with Crippen LogP contribution in [-0.2, 0) is 9.59 Å². The third kappa shape index (κ3) is 37.3. The minimum absolute atomic E-state index is 0.160. The van der Waals surface area contributed by atoms with E-state index < -0.39 is 12.1 Å². The molecule has 0 saturated carbocycles. The van der Waals surface area contributed by atoms with Crippen LogP contribution in [0.25, 0.3) is 0 Å². The van der Waals surface area contributed by atoms with E-state index in [0.717, 1.165) is 38.5 Å². The van der Waals surface area contributed by atoms with Crippen LogP contribution in [0.2, 0.25) is 0 Å². The Balaban J connectivity index is -0.000000676. The Morgan fingerprint density at radius 1 is 0.933 bits per heavy atom. The maximum atomic E-state index is 10.6. The standard InChI is InChI=1S/C18H35NO2.C3H6O3.C2H7N/c1-2-3-4-11-14-17(20)15-12-9-7-5-6-8-10-13-16-18(19)21;1-2(4)3(5)6;1-3-2/h9,12,17,20H,2-8,10-11,13-16H2,1H3,(H2,19,21);2,4H,1H3,(H,5,6);3H,1-2H3/b12-9-;;. The first kappa shape index (κ1) is 33.2. The minimum atomic E-state index is -1.23. The van der Waals surface area contributed by atoms with E-state index in [1.54, 1.807) is 0 Å². The minimum Gasteiger partial charge on any atom is -0.479 e. The first-order valence-corrected chi connectivity index (χ1v) is 11.3. The van der Waals surface area contributed by atoms with E-state index >= 15 is 0 Å². The summed E-state index contributed by atoms with van der Waals surface area (Å²) < 4.78 is 0. The first-order valence-electron chi connectivity index (χ1n) is 11.3. The zero-order chi connectivity index (χ0) is 23.6. The van der Waals surface area contributed by atoms with Crippen LogP contribution in [0.3, 0.4) is 0 Å². The molecule has 0 aromatic rings. The van der Waals surface area contributed by atoms with Gasteiger partial charge in [-0.1, -0.05) is 64.0 Å². The number of allylic oxidation sites excluding steroid dienone is 1. The SMILES string of the molecule is CC(O)C(=O)O.CCCCCCC(O)C/C=C\CCCCCCCC(N)=O.CNC. The molecular weight excluding hydrogens is 384 g/mol. The number of primary amides is 1. The molecule has 0 spiro atoms. The van der Waals surface area contributed by atoms with Crippen LogP contribution in [0.4, 0.5) is 0 Å². The number of carbonyl (C=O) groups is 2. The van der Waals surface area contributed by atoms with Gasteiger partial charge in [0.25, 0.3) is 0 Å². The number of hydrogen-bond donors (Lipinski definition) is 5. The van der Waals surface area contributed by atoms with Gasteiger partial charge in [-0.2, -0.15) is 0 Å². The fourth-order valence-corrected chi connectivity index (χ4v) is 2.39. The molecule has 7 heteroatoms. The van der Waals surface area contributed by atoms with Crippen molar-refractivity contribution < 1.29 is 24.9 Å². The average molecular weight is 433 g/mol. The van der Waals surface area contributed by atoms with Crippen molar-refractivity contribution in [2.24, 2.45) is 5.73 Å². The fourth-order valence-electron chi connectivity index (χ4n) is 2.39. The highest BCUT2D eigenvalue weighted by Gasteiger charge is 2.02. The first-order chi connectivity index (χ1) is 14.2. The molecule has 0 heterocycles. The molecule has 2 unspecified atom stereocenters. The van der Waals surface area contributed by atoms with Crippen LogP contribution in [-0.4, -0.2) is 53.5 Å². The van der Waals surface area contributed by atoms with E-state index in [1.807, 2.05) is 14.1 Å². The second-order valence-corrected chi connectivity index (χ2v) is 7.50. The number of aliphatic hydroxyl groups excluding tert-OH is 2. The van der Waals surface area contributed by atoms with Crippen molar-refractivity contribution in [2.45, 2.75) is 110 Å². The van der Waals surface area contributed by atoms with Crippen molar-refractivity contribution in [1.29, 1.82) is 0 Å². The molecule has 0 rings (SSSR count). The smallest absolute Gasteiger partial charge is 0.332 e.